The highest BCUT2D eigenvalue weighted by Gasteiger charge is 2.35. The number of aromatic nitrogens is 3. The third-order valence-electron chi connectivity index (χ3n) is 7.23. The minimum Gasteiger partial charge on any atom is -0.415 e. The maximum absolute atomic E-state index is 13.6. The Morgan fingerprint density at radius 2 is 1.85 bits per heavy atom. The van der Waals surface area contributed by atoms with Crippen LogP contribution in [0.5, 0.6) is 0 Å². The molecular weight excluding hydrogens is 539 g/mol. The Bertz CT molecular complexity index is 1310. The minimum atomic E-state index is -4.57. The lowest BCUT2D eigenvalue weighted by molar-refractivity contribution is -0.137. The summed E-state index contributed by atoms with van der Waals surface area (Å²) in [5.41, 5.74) is 0.562. The molecule has 0 N–H and O–H groups in total. The summed E-state index contributed by atoms with van der Waals surface area (Å²) in [7, 11) is 1.61. The molecule has 1 aromatic carbocycles. The summed E-state index contributed by atoms with van der Waals surface area (Å²) >= 11 is 0. The van der Waals surface area contributed by atoms with Gasteiger partial charge in [0.25, 0.3) is 5.89 Å². The number of nitrogens with zero attached hydrogens (tertiary/aromatic N) is 6. The van der Waals surface area contributed by atoms with E-state index in [9.17, 15) is 26.7 Å². The molecule has 2 aliphatic rings. The van der Waals surface area contributed by atoms with E-state index >= 15 is 0 Å². The molecule has 0 spiro atoms. The molecule has 14 heteroatoms. The predicted molar refractivity (Wildman–Crippen MR) is 134 cm³/mol. The smallest absolute Gasteiger partial charge is 0.415 e. The first-order valence-corrected chi connectivity index (χ1v) is 12.7. The Hall–Kier alpha value is -3.65. The summed E-state index contributed by atoms with van der Waals surface area (Å²) in [5, 5.41) is 6.87. The molecule has 0 bridgehead atoms. The molecule has 0 unspecified atom stereocenters. The van der Waals surface area contributed by atoms with Crippen LogP contribution >= 0.6 is 0 Å². The van der Waals surface area contributed by atoms with Crippen molar-refractivity contribution < 1.29 is 35.9 Å². The van der Waals surface area contributed by atoms with Crippen molar-refractivity contribution in [3.8, 4) is 11.5 Å². The Morgan fingerprint density at radius 1 is 1.10 bits per heavy atom. The molecular formula is C26H27F5N6O3. The number of pyridine rings is 1. The third kappa shape index (κ3) is 5.92. The van der Waals surface area contributed by atoms with E-state index in [1.54, 1.807) is 24.1 Å². The Morgan fingerprint density at radius 3 is 2.40 bits per heavy atom. The van der Waals surface area contributed by atoms with E-state index in [0.717, 1.165) is 25.2 Å². The number of anilines is 2. The minimum absolute atomic E-state index is 0.105. The van der Waals surface area contributed by atoms with Gasteiger partial charge in [-0.3, -0.25) is 14.7 Å². The third-order valence-corrected chi connectivity index (χ3v) is 7.23. The SMILES string of the molecule is CN(Cc1ccc(-c2nnc(C(F)F)o2)cn1)c1cc(C(F)(F)F)ccc1N(C=O)C1CCN(C2COC2)CC1. The summed E-state index contributed by atoms with van der Waals surface area (Å²) in [6.45, 7) is 3.02. The van der Waals surface area contributed by atoms with Gasteiger partial charge in [-0.2, -0.15) is 22.0 Å². The molecule has 0 radical (unpaired) electrons. The average molecular weight is 567 g/mol. The van der Waals surface area contributed by atoms with Gasteiger partial charge in [0.05, 0.1) is 54.0 Å². The van der Waals surface area contributed by atoms with Gasteiger partial charge in [-0.1, -0.05) is 0 Å². The number of ether oxygens (including phenoxy) is 1. The van der Waals surface area contributed by atoms with E-state index in [-0.39, 0.29) is 24.2 Å². The number of benzene rings is 1. The van der Waals surface area contributed by atoms with Gasteiger partial charge in [-0.15, -0.1) is 10.2 Å². The highest BCUT2D eigenvalue weighted by Crippen LogP contribution is 2.39. The molecule has 40 heavy (non-hydrogen) atoms. The quantitative estimate of drug-likeness (QED) is 0.276. The molecule has 0 saturated carbocycles. The van der Waals surface area contributed by atoms with Crippen molar-refractivity contribution in [3.63, 3.8) is 0 Å². The zero-order valence-electron chi connectivity index (χ0n) is 21.5. The second kappa shape index (κ2) is 11.5. The second-order valence-corrected chi connectivity index (χ2v) is 9.81. The molecule has 4 heterocycles. The highest BCUT2D eigenvalue weighted by molar-refractivity contribution is 5.85. The predicted octanol–water partition coefficient (Wildman–Crippen LogP) is 4.55. The molecule has 214 valence electrons. The summed E-state index contributed by atoms with van der Waals surface area (Å²) in [6.07, 6.45) is -4.07. The Kier molecular flexibility index (Phi) is 7.99. The largest absolute Gasteiger partial charge is 0.416 e. The molecule has 2 aliphatic heterocycles. The summed E-state index contributed by atoms with van der Waals surface area (Å²) in [5.74, 6) is -0.932. The average Bonchev–Trinajstić information content (AvgIpc) is 3.40. The number of halogens is 5. The first-order chi connectivity index (χ1) is 19.1. The van der Waals surface area contributed by atoms with Gasteiger partial charge in [0, 0.05) is 32.4 Å². The summed E-state index contributed by atoms with van der Waals surface area (Å²) in [6, 6.07) is 6.70. The van der Waals surface area contributed by atoms with Gasteiger partial charge in [-0.05, 0) is 43.2 Å². The van der Waals surface area contributed by atoms with E-state index in [1.165, 1.54) is 17.2 Å². The zero-order valence-corrected chi connectivity index (χ0v) is 21.5. The van der Waals surface area contributed by atoms with Crippen LogP contribution < -0.4 is 9.80 Å². The molecule has 3 aromatic rings. The molecule has 1 amide bonds. The summed E-state index contributed by atoms with van der Waals surface area (Å²) in [4.78, 5) is 22.0. The second-order valence-electron chi connectivity index (χ2n) is 9.81. The number of piperidine rings is 1. The van der Waals surface area contributed by atoms with Crippen molar-refractivity contribution in [3.05, 3.63) is 53.7 Å². The summed E-state index contributed by atoms with van der Waals surface area (Å²) < 4.78 is 76.6. The topological polar surface area (TPSA) is 87.8 Å². The Labute approximate surface area is 226 Å². The van der Waals surface area contributed by atoms with Crippen molar-refractivity contribution in [1.82, 2.24) is 20.1 Å². The van der Waals surface area contributed by atoms with Crippen LogP contribution in [0.4, 0.5) is 33.3 Å². The van der Waals surface area contributed by atoms with E-state index in [4.69, 9.17) is 9.15 Å². The zero-order chi connectivity index (χ0) is 28.4. The normalized spacial score (nSPS) is 17.2. The molecule has 2 aromatic heterocycles. The van der Waals surface area contributed by atoms with Crippen LogP contribution in [-0.4, -0.2) is 71.9 Å². The van der Waals surface area contributed by atoms with Gasteiger partial charge in [-0.25, -0.2) is 0 Å². The van der Waals surface area contributed by atoms with E-state index in [2.05, 4.69) is 20.1 Å². The highest BCUT2D eigenvalue weighted by atomic mass is 19.4. The lowest BCUT2D eigenvalue weighted by Gasteiger charge is -2.43. The number of amides is 1. The number of alkyl halides is 5. The molecule has 2 fully saturated rings. The molecule has 0 atom stereocenters. The number of hydrogen-bond donors (Lipinski definition) is 0. The van der Waals surface area contributed by atoms with E-state index < -0.39 is 24.1 Å². The van der Waals surface area contributed by atoms with Crippen molar-refractivity contribution in [2.75, 3.05) is 43.2 Å². The van der Waals surface area contributed by atoms with Crippen LogP contribution in [0.25, 0.3) is 11.5 Å². The number of rotatable bonds is 9. The van der Waals surface area contributed by atoms with Crippen molar-refractivity contribution in [1.29, 1.82) is 0 Å². The standard InChI is InChI=1S/C26H27F5N6O3/c1-35(12-18-4-2-16(11-32-18)24-33-34-25(40-24)23(27)28)22-10-17(26(29,30)31)3-5-21(22)37(15-38)19-6-8-36(9-7-19)20-13-39-14-20/h2-5,10-11,15,19-20,23H,6-9,12-14H2,1H3. The first-order valence-electron chi connectivity index (χ1n) is 12.7. The van der Waals surface area contributed by atoms with Crippen molar-refractivity contribution >= 4 is 17.8 Å². The van der Waals surface area contributed by atoms with Gasteiger partial charge in [0.15, 0.2) is 0 Å². The molecule has 9 nitrogen and oxygen atoms in total. The van der Waals surface area contributed by atoms with Gasteiger partial charge in [0.1, 0.15) is 0 Å². The maximum atomic E-state index is 13.6. The number of carbonyl (C=O) groups excluding carboxylic acids is 1. The molecule has 5 rings (SSSR count). The fourth-order valence-corrected chi connectivity index (χ4v) is 4.94. The van der Waals surface area contributed by atoms with E-state index in [1.807, 2.05) is 0 Å². The number of likely N-dealkylation sites (tertiary alicyclic amines) is 1. The van der Waals surface area contributed by atoms with Gasteiger partial charge in [0.2, 0.25) is 12.3 Å². The lowest BCUT2D eigenvalue weighted by Crippen LogP contribution is -2.54. The van der Waals surface area contributed by atoms with Crippen LogP contribution in [-0.2, 0) is 22.3 Å². The maximum Gasteiger partial charge on any atom is 0.416 e. The van der Waals surface area contributed by atoms with Crippen LogP contribution in [0, 0.1) is 0 Å². The van der Waals surface area contributed by atoms with Crippen LogP contribution in [0.1, 0.15) is 36.4 Å². The fraction of sp³-hybridized carbons (Fsp3) is 0.462. The first kappa shape index (κ1) is 27.9. The molecule has 0 aliphatic carbocycles. The number of hydrogen-bond acceptors (Lipinski definition) is 8. The van der Waals surface area contributed by atoms with Crippen molar-refractivity contribution in [2.24, 2.45) is 0 Å². The van der Waals surface area contributed by atoms with Crippen LogP contribution in [0.3, 0.4) is 0 Å². The van der Waals surface area contributed by atoms with Crippen molar-refractivity contribution in [2.45, 2.75) is 44.1 Å². The van der Waals surface area contributed by atoms with E-state index in [0.29, 0.717) is 55.5 Å². The molecule has 2 saturated heterocycles. The van der Waals surface area contributed by atoms with Crippen LogP contribution in [0.2, 0.25) is 0 Å². The lowest BCUT2D eigenvalue weighted by atomic mass is 9.99. The van der Waals surface area contributed by atoms with Crippen LogP contribution in [0.15, 0.2) is 40.9 Å². The Balaban J connectivity index is 1.36. The van der Waals surface area contributed by atoms with Gasteiger partial charge < -0.3 is 19.0 Å². The van der Waals surface area contributed by atoms with Gasteiger partial charge >= 0.3 is 12.6 Å². The monoisotopic (exact) mass is 566 g/mol. The fourth-order valence-electron chi connectivity index (χ4n) is 4.94. The number of carbonyl (C=O) groups is 1.